The molecule has 1 saturated heterocycles. The predicted octanol–water partition coefficient (Wildman–Crippen LogP) is 0.686. The molecule has 0 aliphatic carbocycles. The summed E-state index contributed by atoms with van der Waals surface area (Å²) < 4.78 is 28.0. The Bertz CT molecular complexity index is 512. The normalized spacial score (nSPS) is 21.7. The van der Waals surface area contributed by atoms with Gasteiger partial charge in [-0.05, 0) is 18.8 Å². The van der Waals surface area contributed by atoms with Crippen LogP contribution in [0.1, 0.15) is 26.2 Å². The van der Waals surface area contributed by atoms with Gasteiger partial charge in [0.1, 0.15) is 4.90 Å². The molecule has 19 heavy (non-hydrogen) atoms. The molecule has 1 fully saturated rings. The van der Waals surface area contributed by atoms with Gasteiger partial charge in [0.25, 0.3) is 0 Å². The number of aliphatic hydroxyl groups is 1. The third-order valence-electron chi connectivity index (χ3n) is 3.64. The highest BCUT2D eigenvalue weighted by Gasteiger charge is 2.30. The first-order valence-electron chi connectivity index (χ1n) is 6.71. The number of sulfonamides is 1. The first kappa shape index (κ1) is 14.5. The van der Waals surface area contributed by atoms with E-state index in [2.05, 4.69) is 12.0 Å². The third-order valence-corrected chi connectivity index (χ3v) is 5.45. The van der Waals surface area contributed by atoms with E-state index < -0.39 is 10.0 Å². The monoisotopic (exact) mass is 287 g/mol. The van der Waals surface area contributed by atoms with Crippen LogP contribution < -0.4 is 0 Å². The van der Waals surface area contributed by atoms with E-state index in [1.807, 2.05) is 0 Å². The number of aliphatic hydroxyl groups excluding tert-OH is 1. The van der Waals surface area contributed by atoms with Gasteiger partial charge in [0.05, 0.1) is 19.3 Å². The summed E-state index contributed by atoms with van der Waals surface area (Å²) in [5.74, 6) is 0.455. The minimum absolute atomic E-state index is 0.0528. The van der Waals surface area contributed by atoms with Crippen LogP contribution in [0.2, 0.25) is 0 Å². The Morgan fingerprint density at radius 3 is 3.00 bits per heavy atom. The zero-order valence-electron chi connectivity index (χ0n) is 11.2. The third kappa shape index (κ3) is 3.16. The average Bonchev–Trinajstić information content (AvgIpc) is 2.88. The maximum Gasteiger partial charge on any atom is 0.246 e. The number of piperidine rings is 1. The van der Waals surface area contributed by atoms with Crippen LogP contribution in [-0.4, -0.2) is 47.3 Å². The zero-order valence-corrected chi connectivity index (χ0v) is 12.0. The molecule has 0 bridgehead atoms. The zero-order chi connectivity index (χ0) is 13.9. The Morgan fingerprint density at radius 1 is 1.53 bits per heavy atom. The molecule has 7 heteroatoms. The van der Waals surface area contributed by atoms with E-state index in [-0.39, 0.29) is 11.5 Å². The van der Waals surface area contributed by atoms with E-state index in [1.165, 1.54) is 17.1 Å². The summed E-state index contributed by atoms with van der Waals surface area (Å²) in [5.41, 5.74) is 0. The lowest BCUT2D eigenvalue weighted by molar-refractivity contribution is 0.261. The van der Waals surface area contributed by atoms with E-state index in [4.69, 9.17) is 5.11 Å². The van der Waals surface area contributed by atoms with Crippen molar-refractivity contribution in [3.8, 4) is 0 Å². The smallest absolute Gasteiger partial charge is 0.246 e. The fourth-order valence-electron chi connectivity index (χ4n) is 2.43. The molecule has 0 radical (unpaired) electrons. The number of hydrogen-bond donors (Lipinski definition) is 1. The van der Waals surface area contributed by atoms with Crippen molar-refractivity contribution in [2.45, 2.75) is 37.6 Å². The van der Waals surface area contributed by atoms with Crippen molar-refractivity contribution in [1.29, 1.82) is 0 Å². The van der Waals surface area contributed by atoms with Crippen molar-refractivity contribution in [3.05, 3.63) is 12.4 Å². The Balaban J connectivity index is 2.16. The van der Waals surface area contributed by atoms with Gasteiger partial charge < -0.3 is 5.11 Å². The Hall–Kier alpha value is -0.920. The molecule has 1 unspecified atom stereocenters. The van der Waals surface area contributed by atoms with Crippen molar-refractivity contribution in [3.63, 3.8) is 0 Å². The largest absolute Gasteiger partial charge is 0.394 e. The van der Waals surface area contributed by atoms with Crippen LogP contribution in [0.3, 0.4) is 0 Å². The summed E-state index contributed by atoms with van der Waals surface area (Å²) in [6.45, 7) is 3.55. The second-order valence-corrected chi connectivity index (χ2v) is 6.88. The first-order valence-corrected chi connectivity index (χ1v) is 8.15. The van der Waals surface area contributed by atoms with Crippen molar-refractivity contribution in [1.82, 2.24) is 14.1 Å². The maximum atomic E-state index is 12.5. The minimum Gasteiger partial charge on any atom is -0.394 e. The number of nitrogens with zero attached hydrogens (tertiary/aromatic N) is 3. The second-order valence-electron chi connectivity index (χ2n) is 4.94. The van der Waals surface area contributed by atoms with Crippen LogP contribution in [0.5, 0.6) is 0 Å². The fourth-order valence-corrected chi connectivity index (χ4v) is 3.94. The van der Waals surface area contributed by atoms with Gasteiger partial charge in [0.2, 0.25) is 10.0 Å². The first-order chi connectivity index (χ1) is 9.07. The van der Waals surface area contributed by atoms with Gasteiger partial charge >= 0.3 is 0 Å². The fraction of sp³-hybridized carbons (Fsp3) is 0.750. The molecule has 1 aromatic heterocycles. The summed E-state index contributed by atoms with van der Waals surface area (Å²) in [7, 11) is -3.43. The lowest BCUT2D eigenvalue weighted by atomic mass is 9.97. The van der Waals surface area contributed by atoms with Crippen LogP contribution in [0.15, 0.2) is 17.3 Å². The Labute approximate surface area is 114 Å². The quantitative estimate of drug-likeness (QED) is 0.864. The van der Waals surface area contributed by atoms with Crippen LogP contribution in [0.25, 0.3) is 0 Å². The lowest BCUT2D eigenvalue weighted by Crippen LogP contribution is -2.39. The summed E-state index contributed by atoms with van der Waals surface area (Å²) in [4.78, 5) is 0.220. The van der Waals surface area contributed by atoms with Crippen LogP contribution in [0, 0.1) is 5.92 Å². The molecule has 6 nitrogen and oxygen atoms in total. The van der Waals surface area contributed by atoms with Crippen molar-refractivity contribution in [2.75, 3.05) is 19.7 Å². The van der Waals surface area contributed by atoms with E-state index in [1.54, 1.807) is 4.31 Å². The summed E-state index contributed by atoms with van der Waals surface area (Å²) in [6, 6.07) is 0. The van der Waals surface area contributed by atoms with E-state index in [9.17, 15) is 8.42 Å². The maximum absolute atomic E-state index is 12.5. The van der Waals surface area contributed by atoms with Crippen LogP contribution >= 0.6 is 0 Å². The lowest BCUT2D eigenvalue weighted by Gasteiger charge is -2.30. The molecule has 0 spiro atoms. The van der Waals surface area contributed by atoms with Gasteiger partial charge in [-0.3, -0.25) is 4.68 Å². The van der Waals surface area contributed by atoms with Crippen LogP contribution in [0.4, 0.5) is 0 Å². The summed E-state index contributed by atoms with van der Waals surface area (Å²) in [6.07, 6.45) is 5.88. The van der Waals surface area contributed by atoms with Gasteiger partial charge in [-0.1, -0.05) is 13.3 Å². The average molecular weight is 287 g/mol. The van der Waals surface area contributed by atoms with Crippen molar-refractivity contribution in [2.24, 2.45) is 5.92 Å². The molecule has 2 heterocycles. The molecular formula is C12H21N3O3S. The van der Waals surface area contributed by atoms with Crippen molar-refractivity contribution < 1.29 is 13.5 Å². The molecule has 0 saturated carbocycles. The van der Waals surface area contributed by atoms with Crippen molar-refractivity contribution >= 4 is 10.0 Å². The van der Waals surface area contributed by atoms with Gasteiger partial charge in [0, 0.05) is 19.3 Å². The highest BCUT2D eigenvalue weighted by atomic mass is 32.2. The topological polar surface area (TPSA) is 75.4 Å². The summed E-state index contributed by atoms with van der Waals surface area (Å²) >= 11 is 0. The minimum atomic E-state index is -3.43. The predicted molar refractivity (Wildman–Crippen MR) is 71.1 cm³/mol. The SMILES string of the molecule is CCC1CCCN(S(=O)(=O)c2cnn(CCO)c2)C1. The van der Waals surface area contributed by atoms with Gasteiger partial charge in [0.15, 0.2) is 0 Å². The summed E-state index contributed by atoms with van der Waals surface area (Å²) in [5, 5.41) is 12.8. The molecule has 0 aromatic carbocycles. The number of hydrogen-bond acceptors (Lipinski definition) is 4. The standard InChI is InChI=1S/C12H21N3O3S/c1-2-11-4-3-5-15(9-11)19(17,18)12-8-13-14(10-12)6-7-16/h8,10-11,16H,2-7,9H2,1H3. The van der Waals surface area contributed by atoms with E-state index in [0.717, 1.165) is 19.3 Å². The second kappa shape index (κ2) is 6.02. The Kier molecular flexibility index (Phi) is 4.59. The van der Waals surface area contributed by atoms with Gasteiger partial charge in [-0.2, -0.15) is 9.40 Å². The van der Waals surface area contributed by atoms with Gasteiger partial charge in [-0.15, -0.1) is 0 Å². The molecule has 1 aliphatic heterocycles. The number of rotatable bonds is 5. The Morgan fingerprint density at radius 2 is 2.32 bits per heavy atom. The van der Waals surface area contributed by atoms with E-state index in [0.29, 0.717) is 25.6 Å². The van der Waals surface area contributed by atoms with E-state index >= 15 is 0 Å². The highest BCUT2D eigenvalue weighted by molar-refractivity contribution is 7.89. The number of aromatic nitrogens is 2. The molecule has 1 N–H and O–H groups in total. The molecule has 2 rings (SSSR count). The molecule has 0 amide bonds. The van der Waals surface area contributed by atoms with Crippen LogP contribution in [-0.2, 0) is 16.6 Å². The molecule has 108 valence electrons. The molecule has 1 atom stereocenters. The van der Waals surface area contributed by atoms with Gasteiger partial charge in [-0.25, -0.2) is 8.42 Å². The molecule has 1 aromatic rings. The molecular weight excluding hydrogens is 266 g/mol. The molecule has 1 aliphatic rings. The highest BCUT2D eigenvalue weighted by Crippen LogP contribution is 2.24.